The Morgan fingerprint density at radius 2 is 1.29 bits per heavy atom. The molecule has 2 unspecified atom stereocenters. The van der Waals surface area contributed by atoms with Gasteiger partial charge in [0.2, 0.25) is 0 Å². The average molecular weight is 218 g/mol. The van der Waals surface area contributed by atoms with E-state index in [9.17, 15) is 0 Å². The van der Waals surface area contributed by atoms with E-state index in [1.807, 2.05) is 0 Å². The Hall–Kier alpha value is -0.270. The number of quaternary nitrogens is 1. The maximum Gasteiger partial charge on any atom is 0.107 e. The zero-order valence-corrected chi connectivity index (χ0v) is 10.7. The van der Waals surface area contributed by atoms with Crippen LogP contribution in [0.1, 0.15) is 26.7 Å². The van der Waals surface area contributed by atoms with Gasteiger partial charge in [-0.25, -0.2) is 0 Å². The molecule has 0 aliphatic rings. The third kappa shape index (κ3) is 3.47. The summed E-state index contributed by atoms with van der Waals surface area (Å²) in [6.07, 6.45) is 6.40. The zero-order chi connectivity index (χ0) is 10.5. The molecule has 0 N–H and O–H groups in total. The molecule has 0 aliphatic carbocycles. The minimum absolute atomic E-state index is 0. The van der Waals surface area contributed by atoms with E-state index in [1.54, 1.807) is 0 Å². The lowest BCUT2D eigenvalue weighted by molar-refractivity contribution is -0.926. The van der Waals surface area contributed by atoms with Gasteiger partial charge < -0.3 is 16.9 Å². The highest BCUT2D eigenvalue weighted by atomic mass is 35.5. The molecule has 84 valence electrons. The first-order valence-electron chi connectivity index (χ1n) is 5.12. The lowest BCUT2D eigenvalue weighted by atomic mass is 10.1. The van der Waals surface area contributed by atoms with Gasteiger partial charge in [-0.15, -0.1) is 0 Å². The predicted molar refractivity (Wildman–Crippen MR) is 60.7 cm³/mol. The van der Waals surface area contributed by atoms with Crippen molar-refractivity contribution in [3.8, 4) is 0 Å². The van der Waals surface area contributed by atoms with E-state index < -0.39 is 0 Å². The van der Waals surface area contributed by atoms with Gasteiger partial charge in [-0.1, -0.05) is 27.0 Å². The molecule has 0 saturated carbocycles. The first-order chi connectivity index (χ1) is 6.04. The molecule has 0 rings (SSSR count). The van der Waals surface area contributed by atoms with Crippen LogP contribution in [0.2, 0.25) is 0 Å². The molecule has 0 aliphatic heterocycles. The average Bonchev–Trinajstić information content (AvgIpc) is 2.07. The molecule has 2 heteroatoms. The molecule has 0 heterocycles. The fourth-order valence-electron chi connectivity index (χ4n) is 2.06. The van der Waals surface area contributed by atoms with Crippen LogP contribution in [0.5, 0.6) is 0 Å². The third-order valence-electron chi connectivity index (χ3n) is 3.09. The van der Waals surface area contributed by atoms with Crippen LogP contribution in [0.15, 0.2) is 25.3 Å². The Balaban J connectivity index is 0. The summed E-state index contributed by atoms with van der Waals surface area (Å²) in [4.78, 5) is 0. The van der Waals surface area contributed by atoms with Crippen LogP contribution in [0.25, 0.3) is 0 Å². The molecular weight excluding hydrogens is 194 g/mol. The quantitative estimate of drug-likeness (QED) is 0.434. The highest BCUT2D eigenvalue weighted by Crippen LogP contribution is 2.19. The lowest BCUT2D eigenvalue weighted by Crippen LogP contribution is -3.00. The fourth-order valence-corrected chi connectivity index (χ4v) is 2.06. The minimum atomic E-state index is 0. The maximum atomic E-state index is 3.90. The van der Waals surface area contributed by atoms with Crippen LogP contribution in [-0.4, -0.2) is 30.7 Å². The van der Waals surface area contributed by atoms with E-state index in [2.05, 4.69) is 53.3 Å². The van der Waals surface area contributed by atoms with E-state index in [1.165, 1.54) is 0 Å². The van der Waals surface area contributed by atoms with E-state index >= 15 is 0 Å². The molecule has 0 radical (unpaired) electrons. The van der Waals surface area contributed by atoms with Crippen LogP contribution >= 0.6 is 0 Å². The normalized spacial score (nSPS) is 15.1. The Morgan fingerprint density at radius 3 is 1.43 bits per heavy atom. The van der Waals surface area contributed by atoms with Crippen LogP contribution in [0.4, 0.5) is 0 Å². The number of rotatable bonds is 6. The van der Waals surface area contributed by atoms with Gasteiger partial charge in [0.05, 0.1) is 14.1 Å². The van der Waals surface area contributed by atoms with Crippen molar-refractivity contribution in [3.05, 3.63) is 25.3 Å². The highest BCUT2D eigenvalue weighted by molar-refractivity contribution is 4.85. The molecule has 0 aromatic heterocycles. The number of nitrogens with zero attached hydrogens (tertiary/aromatic N) is 1. The third-order valence-corrected chi connectivity index (χ3v) is 3.09. The van der Waals surface area contributed by atoms with Crippen molar-refractivity contribution in [2.75, 3.05) is 14.1 Å². The van der Waals surface area contributed by atoms with Crippen molar-refractivity contribution in [1.29, 1.82) is 0 Å². The second-order valence-electron chi connectivity index (χ2n) is 4.05. The monoisotopic (exact) mass is 217 g/mol. The van der Waals surface area contributed by atoms with Crippen molar-refractivity contribution in [2.45, 2.75) is 38.8 Å². The summed E-state index contributed by atoms with van der Waals surface area (Å²) < 4.78 is 0.972. The van der Waals surface area contributed by atoms with Gasteiger partial charge in [0, 0.05) is 12.8 Å². The second-order valence-corrected chi connectivity index (χ2v) is 4.05. The van der Waals surface area contributed by atoms with E-state index in [-0.39, 0.29) is 12.4 Å². The topological polar surface area (TPSA) is 0 Å². The van der Waals surface area contributed by atoms with Crippen LogP contribution < -0.4 is 12.4 Å². The fraction of sp³-hybridized carbons (Fsp3) is 0.667. The number of likely N-dealkylation sites (N-methyl/N-ethyl adjacent to an activating group) is 1. The van der Waals surface area contributed by atoms with E-state index in [4.69, 9.17) is 0 Å². The highest BCUT2D eigenvalue weighted by Gasteiger charge is 2.30. The van der Waals surface area contributed by atoms with Crippen molar-refractivity contribution in [1.82, 2.24) is 0 Å². The smallest absolute Gasteiger partial charge is 0.107 e. The minimum Gasteiger partial charge on any atom is -1.00 e. The van der Waals surface area contributed by atoms with Crippen LogP contribution in [0.3, 0.4) is 0 Å². The molecule has 14 heavy (non-hydrogen) atoms. The summed E-state index contributed by atoms with van der Waals surface area (Å²) in [5.41, 5.74) is 0. The summed E-state index contributed by atoms with van der Waals surface area (Å²) in [5.74, 6) is 0. The van der Waals surface area contributed by atoms with Crippen molar-refractivity contribution in [2.24, 2.45) is 0 Å². The van der Waals surface area contributed by atoms with Gasteiger partial charge in [0.25, 0.3) is 0 Å². The van der Waals surface area contributed by atoms with Gasteiger partial charge in [0.15, 0.2) is 0 Å². The van der Waals surface area contributed by atoms with E-state index in [0.717, 1.165) is 17.3 Å². The van der Waals surface area contributed by atoms with Gasteiger partial charge >= 0.3 is 0 Å². The molecule has 0 spiro atoms. The number of hydrogen-bond donors (Lipinski definition) is 0. The molecule has 0 saturated heterocycles. The summed E-state index contributed by atoms with van der Waals surface area (Å²) in [5, 5.41) is 0. The molecule has 0 aromatic carbocycles. The van der Waals surface area contributed by atoms with Crippen molar-refractivity contribution < 1.29 is 16.9 Å². The standard InChI is InChI=1S/C12H24N.ClH/c1-7-11(8-2)13(5,6)12(9-3)10-4;/h7,9,11-12H,1,3,8,10H2,2,4-6H3;1H/q+1;/p-1. The Bertz CT molecular complexity index is 157. The first-order valence-corrected chi connectivity index (χ1v) is 5.12. The van der Waals surface area contributed by atoms with Gasteiger partial charge in [-0.3, -0.25) is 0 Å². The number of hydrogen-bond acceptors (Lipinski definition) is 0. The molecule has 1 nitrogen and oxygen atoms in total. The molecule has 0 fully saturated rings. The maximum absolute atomic E-state index is 3.90. The second kappa shape index (κ2) is 7.08. The van der Waals surface area contributed by atoms with Crippen LogP contribution in [0, 0.1) is 0 Å². The lowest BCUT2D eigenvalue weighted by Gasteiger charge is -2.41. The van der Waals surface area contributed by atoms with Crippen molar-refractivity contribution >= 4 is 0 Å². The molecule has 0 amide bonds. The zero-order valence-electron chi connectivity index (χ0n) is 9.96. The van der Waals surface area contributed by atoms with E-state index in [0.29, 0.717) is 12.1 Å². The van der Waals surface area contributed by atoms with Gasteiger partial charge in [-0.2, -0.15) is 0 Å². The van der Waals surface area contributed by atoms with Crippen molar-refractivity contribution in [3.63, 3.8) is 0 Å². The Morgan fingerprint density at radius 1 is 1.00 bits per heavy atom. The van der Waals surface area contributed by atoms with Crippen LogP contribution in [-0.2, 0) is 0 Å². The number of halogens is 1. The summed E-state index contributed by atoms with van der Waals surface area (Å²) >= 11 is 0. The molecular formula is C12H24ClN. The van der Waals surface area contributed by atoms with Gasteiger partial charge in [-0.05, 0) is 12.2 Å². The Kier molecular flexibility index (Phi) is 8.18. The summed E-state index contributed by atoms with van der Waals surface area (Å²) in [6, 6.07) is 1.06. The summed E-state index contributed by atoms with van der Waals surface area (Å²) in [7, 11) is 4.51. The molecule has 0 bridgehead atoms. The first kappa shape index (κ1) is 16.2. The predicted octanol–water partition coefficient (Wildman–Crippen LogP) is -0.00400. The van der Waals surface area contributed by atoms with Gasteiger partial charge in [0.1, 0.15) is 12.1 Å². The molecule has 2 atom stereocenters. The Labute approximate surface area is 95.5 Å². The molecule has 0 aromatic rings. The SMILES string of the molecule is C=CC(CC)[N+](C)(C)C(C=C)CC.[Cl-]. The largest absolute Gasteiger partial charge is 1.00 e. The summed E-state index contributed by atoms with van der Waals surface area (Å²) in [6.45, 7) is 12.2.